The Morgan fingerprint density at radius 1 is 0.781 bits per heavy atom. The van der Waals surface area contributed by atoms with E-state index in [0.29, 0.717) is 5.75 Å². The van der Waals surface area contributed by atoms with Crippen LogP contribution in [0.25, 0.3) is 0 Å². The van der Waals surface area contributed by atoms with Crippen molar-refractivity contribution in [1.29, 1.82) is 0 Å². The normalized spacial score (nSPS) is 15.8. The summed E-state index contributed by atoms with van der Waals surface area (Å²) in [4.78, 5) is 11.8. The third kappa shape index (κ3) is 4.44. The molecule has 0 unspecified atom stereocenters. The Morgan fingerprint density at radius 2 is 1.34 bits per heavy atom. The second-order valence-electron chi connectivity index (χ2n) is 6.81. The van der Waals surface area contributed by atoms with Gasteiger partial charge in [0.25, 0.3) is 0 Å². The van der Waals surface area contributed by atoms with Crippen LogP contribution in [0.3, 0.4) is 0 Å². The van der Waals surface area contributed by atoms with Gasteiger partial charge in [-0.15, -0.1) is 0 Å². The maximum Gasteiger partial charge on any atom is 0.339 e. The van der Waals surface area contributed by atoms with Gasteiger partial charge >= 0.3 is 5.97 Å². The summed E-state index contributed by atoms with van der Waals surface area (Å²) < 4.78 is 69.8. The van der Waals surface area contributed by atoms with Gasteiger partial charge in [-0.2, -0.15) is 8.61 Å². The molecule has 0 atom stereocenters. The third-order valence-electron chi connectivity index (χ3n) is 5.10. The Morgan fingerprint density at radius 3 is 1.91 bits per heavy atom. The number of carbonyl (C=O) groups is 1. The maximum absolute atomic E-state index is 13.1. The highest BCUT2D eigenvalue weighted by molar-refractivity contribution is 7.89. The summed E-state index contributed by atoms with van der Waals surface area (Å²) >= 11 is 0. The lowest BCUT2D eigenvalue weighted by Crippen LogP contribution is -2.50. The highest BCUT2D eigenvalue weighted by Crippen LogP contribution is 2.31. The first kappa shape index (κ1) is 24.0. The average Bonchev–Trinajstić information content (AvgIpc) is 2.83. The molecular formula is C20H24N2O8S2. The number of methoxy groups -OCH3 is 3. The first-order chi connectivity index (χ1) is 15.2. The fourth-order valence-electron chi connectivity index (χ4n) is 3.39. The molecule has 0 amide bonds. The average molecular weight is 485 g/mol. The number of piperazine rings is 1. The van der Waals surface area contributed by atoms with Gasteiger partial charge in [-0.3, -0.25) is 0 Å². The first-order valence-electron chi connectivity index (χ1n) is 9.56. The summed E-state index contributed by atoms with van der Waals surface area (Å²) in [5, 5.41) is 0. The predicted octanol–water partition coefficient (Wildman–Crippen LogP) is 1.19. The Hall–Kier alpha value is -2.67. The van der Waals surface area contributed by atoms with Crippen LogP contribution in [0.5, 0.6) is 11.5 Å². The smallest absolute Gasteiger partial charge is 0.339 e. The Kier molecular flexibility index (Phi) is 7.08. The standard InChI is InChI=1S/C20H24N2O8S2/c1-28-17-9-8-15(14-18(17)29-2)31(24,25)21-10-12-22(13-11-21)32(26,27)19-7-5-4-6-16(19)20(23)30-3/h4-9,14H,10-13H2,1-3H3. The van der Waals surface area contributed by atoms with Gasteiger partial charge in [0.1, 0.15) is 0 Å². The molecule has 1 heterocycles. The molecule has 2 aromatic rings. The molecule has 0 spiro atoms. The lowest BCUT2D eigenvalue weighted by Gasteiger charge is -2.33. The number of hydrogen-bond donors (Lipinski definition) is 0. The monoisotopic (exact) mass is 484 g/mol. The van der Waals surface area contributed by atoms with E-state index in [4.69, 9.17) is 9.47 Å². The van der Waals surface area contributed by atoms with Crippen molar-refractivity contribution >= 4 is 26.0 Å². The van der Waals surface area contributed by atoms with E-state index in [1.54, 1.807) is 6.07 Å². The second-order valence-corrected chi connectivity index (χ2v) is 10.7. The van der Waals surface area contributed by atoms with E-state index in [2.05, 4.69) is 4.74 Å². The van der Waals surface area contributed by atoms with Gasteiger partial charge in [0.05, 0.1) is 36.7 Å². The lowest BCUT2D eigenvalue weighted by atomic mass is 10.2. The highest BCUT2D eigenvalue weighted by atomic mass is 32.2. The van der Waals surface area contributed by atoms with Gasteiger partial charge < -0.3 is 14.2 Å². The molecule has 174 valence electrons. The zero-order valence-electron chi connectivity index (χ0n) is 17.8. The number of carbonyl (C=O) groups excluding carboxylic acids is 1. The summed E-state index contributed by atoms with van der Waals surface area (Å²) in [7, 11) is -3.88. The minimum atomic E-state index is -4.03. The van der Waals surface area contributed by atoms with Crippen LogP contribution in [0.1, 0.15) is 10.4 Å². The van der Waals surface area contributed by atoms with E-state index in [1.807, 2.05) is 0 Å². The minimum absolute atomic E-state index is 0.0162. The molecule has 3 rings (SSSR count). The predicted molar refractivity (Wildman–Crippen MR) is 115 cm³/mol. The zero-order valence-corrected chi connectivity index (χ0v) is 19.5. The Labute approximate surface area is 187 Å². The van der Waals surface area contributed by atoms with Crippen molar-refractivity contribution in [2.24, 2.45) is 0 Å². The van der Waals surface area contributed by atoms with Crippen LogP contribution in [0.2, 0.25) is 0 Å². The summed E-state index contributed by atoms with van der Waals surface area (Å²) in [5.74, 6) is -0.0975. The van der Waals surface area contributed by atoms with Crippen molar-refractivity contribution in [3.8, 4) is 11.5 Å². The number of hydrogen-bond acceptors (Lipinski definition) is 8. The van der Waals surface area contributed by atoms with Gasteiger partial charge in [-0.1, -0.05) is 12.1 Å². The molecule has 12 heteroatoms. The first-order valence-corrected chi connectivity index (χ1v) is 12.4. The van der Waals surface area contributed by atoms with E-state index in [9.17, 15) is 21.6 Å². The quantitative estimate of drug-likeness (QED) is 0.538. The molecule has 0 N–H and O–H groups in total. The molecule has 0 aliphatic carbocycles. The topological polar surface area (TPSA) is 120 Å². The van der Waals surface area contributed by atoms with Crippen LogP contribution in [0, 0.1) is 0 Å². The largest absolute Gasteiger partial charge is 0.493 e. The SMILES string of the molecule is COC(=O)c1ccccc1S(=O)(=O)N1CCN(S(=O)(=O)c2ccc(OC)c(OC)c2)CC1. The molecule has 1 aliphatic heterocycles. The van der Waals surface area contributed by atoms with Gasteiger partial charge in [0.15, 0.2) is 11.5 Å². The molecule has 1 aliphatic rings. The van der Waals surface area contributed by atoms with Crippen LogP contribution >= 0.6 is 0 Å². The number of sulfonamides is 2. The molecule has 0 saturated carbocycles. The van der Waals surface area contributed by atoms with Gasteiger partial charge in [-0.05, 0) is 24.3 Å². The maximum atomic E-state index is 13.1. The molecule has 1 fully saturated rings. The van der Waals surface area contributed by atoms with E-state index in [0.717, 1.165) is 4.31 Å². The molecule has 0 aromatic heterocycles. The van der Waals surface area contributed by atoms with Gasteiger partial charge in [0.2, 0.25) is 20.0 Å². The van der Waals surface area contributed by atoms with Gasteiger partial charge in [-0.25, -0.2) is 21.6 Å². The summed E-state index contributed by atoms with van der Waals surface area (Å²) in [6.07, 6.45) is 0. The zero-order chi connectivity index (χ0) is 23.5. The fourth-order valence-corrected chi connectivity index (χ4v) is 6.43. The Bertz CT molecular complexity index is 1200. The minimum Gasteiger partial charge on any atom is -0.493 e. The molecule has 10 nitrogen and oxygen atoms in total. The van der Waals surface area contributed by atoms with Crippen molar-refractivity contribution < 1.29 is 35.8 Å². The number of rotatable bonds is 7. The lowest BCUT2D eigenvalue weighted by molar-refractivity contribution is 0.0596. The summed E-state index contributed by atoms with van der Waals surface area (Å²) in [6, 6.07) is 10.0. The molecular weight excluding hydrogens is 460 g/mol. The third-order valence-corrected chi connectivity index (χ3v) is 8.95. The van der Waals surface area contributed by atoms with Crippen molar-refractivity contribution in [3.05, 3.63) is 48.0 Å². The van der Waals surface area contributed by atoms with E-state index in [-0.39, 0.29) is 47.3 Å². The molecule has 0 radical (unpaired) electrons. The van der Waals surface area contributed by atoms with Gasteiger partial charge in [0, 0.05) is 32.2 Å². The number of ether oxygens (including phenoxy) is 3. The van der Waals surface area contributed by atoms with Crippen LogP contribution < -0.4 is 9.47 Å². The van der Waals surface area contributed by atoms with Crippen LogP contribution in [-0.4, -0.2) is 78.9 Å². The Balaban J connectivity index is 1.81. The van der Waals surface area contributed by atoms with Crippen molar-refractivity contribution in [3.63, 3.8) is 0 Å². The second kappa shape index (κ2) is 9.45. The fraction of sp³-hybridized carbons (Fsp3) is 0.350. The number of benzene rings is 2. The van der Waals surface area contributed by atoms with Crippen LogP contribution in [0.4, 0.5) is 0 Å². The van der Waals surface area contributed by atoms with E-state index >= 15 is 0 Å². The summed E-state index contributed by atoms with van der Waals surface area (Å²) in [6.45, 7) is -0.221. The van der Waals surface area contributed by atoms with Crippen LogP contribution in [-0.2, 0) is 24.8 Å². The molecule has 0 bridgehead atoms. The number of esters is 1. The highest BCUT2D eigenvalue weighted by Gasteiger charge is 2.35. The van der Waals surface area contributed by atoms with E-state index < -0.39 is 26.0 Å². The molecule has 2 aromatic carbocycles. The number of nitrogens with zero attached hydrogens (tertiary/aromatic N) is 2. The molecule has 1 saturated heterocycles. The van der Waals surface area contributed by atoms with Crippen molar-refractivity contribution in [2.45, 2.75) is 9.79 Å². The van der Waals surface area contributed by atoms with Crippen molar-refractivity contribution in [1.82, 2.24) is 8.61 Å². The molecule has 32 heavy (non-hydrogen) atoms. The van der Waals surface area contributed by atoms with E-state index in [1.165, 1.54) is 62.0 Å². The van der Waals surface area contributed by atoms with Crippen molar-refractivity contribution in [2.75, 3.05) is 47.5 Å². The summed E-state index contributed by atoms with van der Waals surface area (Å²) in [5.41, 5.74) is -0.0737. The van der Waals surface area contributed by atoms with Crippen LogP contribution in [0.15, 0.2) is 52.3 Å².